The van der Waals surface area contributed by atoms with Gasteiger partial charge in [0.2, 0.25) is 5.91 Å². The van der Waals surface area contributed by atoms with Crippen LogP contribution in [0.25, 0.3) is 0 Å². The number of sulfonamides is 1. The molecule has 1 aliphatic rings. The van der Waals surface area contributed by atoms with Gasteiger partial charge in [-0.05, 0) is 60.2 Å². The Morgan fingerprint density at radius 3 is 2.30 bits per heavy atom. The van der Waals surface area contributed by atoms with Gasteiger partial charge in [-0.2, -0.15) is 0 Å². The fraction of sp³-hybridized carbons (Fsp3) is 0.381. The van der Waals surface area contributed by atoms with Gasteiger partial charge >= 0.3 is 0 Å². The first-order chi connectivity index (χ1) is 12.6. The molecule has 2 aromatic rings. The van der Waals surface area contributed by atoms with Gasteiger partial charge in [0, 0.05) is 24.3 Å². The summed E-state index contributed by atoms with van der Waals surface area (Å²) in [4.78, 5) is 14.0. The summed E-state index contributed by atoms with van der Waals surface area (Å²) in [5.74, 6) is 0.109. The molecule has 2 aromatic carbocycles. The molecule has 3 rings (SSSR count). The number of amides is 1. The van der Waals surface area contributed by atoms with Gasteiger partial charge in [0.05, 0.1) is 4.90 Å². The maximum absolute atomic E-state index is 12.7. The Morgan fingerprint density at radius 1 is 1.04 bits per heavy atom. The SMILES string of the molecule is CCN1C(=O)CCc2cc(NS(=O)(=O)c3ccc(C(C)(C)C)cc3)ccc21. The molecule has 0 bridgehead atoms. The molecule has 1 heterocycles. The van der Waals surface area contributed by atoms with Crippen molar-refractivity contribution in [2.75, 3.05) is 16.2 Å². The van der Waals surface area contributed by atoms with Gasteiger partial charge in [-0.3, -0.25) is 9.52 Å². The second-order valence-corrected chi connectivity index (χ2v) is 9.54. The third kappa shape index (κ3) is 4.00. The number of hydrogen-bond donors (Lipinski definition) is 1. The van der Waals surface area contributed by atoms with E-state index in [-0.39, 0.29) is 16.2 Å². The minimum absolute atomic E-state index is 0.0310. The highest BCUT2D eigenvalue weighted by molar-refractivity contribution is 7.92. The predicted octanol–water partition coefficient (Wildman–Crippen LogP) is 4.08. The van der Waals surface area contributed by atoms with Crippen LogP contribution >= 0.6 is 0 Å². The molecule has 0 saturated heterocycles. The molecule has 0 unspecified atom stereocenters. The monoisotopic (exact) mass is 386 g/mol. The number of hydrogen-bond acceptors (Lipinski definition) is 3. The molecule has 1 aliphatic heterocycles. The maximum atomic E-state index is 12.7. The van der Waals surface area contributed by atoms with E-state index in [0.29, 0.717) is 25.1 Å². The average Bonchev–Trinajstić information content (AvgIpc) is 2.61. The largest absolute Gasteiger partial charge is 0.312 e. The van der Waals surface area contributed by atoms with E-state index in [2.05, 4.69) is 25.5 Å². The number of nitrogens with zero attached hydrogens (tertiary/aromatic N) is 1. The molecule has 1 N–H and O–H groups in total. The van der Waals surface area contributed by atoms with Gasteiger partial charge in [0.1, 0.15) is 0 Å². The molecule has 1 amide bonds. The standard InChI is InChI=1S/C21H26N2O3S/c1-5-23-19-12-9-17(14-15(19)6-13-20(23)24)22-27(25,26)18-10-7-16(8-11-18)21(2,3)4/h7-12,14,22H,5-6,13H2,1-4H3. The highest BCUT2D eigenvalue weighted by atomic mass is 32.2. The molecule has 0 aliphatic carbocycles. The van der Waals surface area contributed by atoms with Gasteiger partial charge in [-0.25, -0.2) is 8.42 Å². The number of aryl methyl sites for hydroxylation is 1. The first-order valence-corrected chi connectivity index (χ1v) is 10.7. The Balaban J connectivity index is 1.85. The fourth-order valence-corrected chi connectivity index (χ4v) is 4.37. The van der Waals surface area contributed by atoms with Crippen LogP contribution in [0.5, 0.6) is 0 Å². The van der Waals surface area contributed by atoms with E-state index in [9.17, 15) is 13.2 Å². The lowest BCUT2D eigenvalue weighted by atomic mass is 9.87. The number of anilines is 2. The Bertz CT molecular complexity index is 958. The van der Waals surface area contributed by atoms with Gasteiger partial charge in [0.15, 0.2) is 0 Å². The van der Waals surface area contributed by atoms with Gasteiger partial charge in [-0.1, -0.05) is 32.9 Å². The van der Waals surface area contributed by atoms with Crippen molar-refractivity contribution in [1.29, 1.82) is 0 Å². The molecule has 27 heavy (non-hydrogen) atoms. The van der Waals surface area contributed by atoms with Crippen LogP contribution in [0, 0.1) is 0 Å². The van der Waals surface area contributed by atoms with Crippen LogP contribution < -0.4 is 9.62 Å². The van der Waals surface area contributed by atoms with Crippen LogP contribution in [-0.4, -0.2) is 20.9 Å². The van der Waals surface area contributed by atoms with Crippen molar-refractivity contribution >= 4 is 27.3 Å². The first kappa shape index (κ1) is 19.4. The fourth-order valence-electron chi connectivity index (χ4n) is 3.32. The summed E-state index contributed by atoms with van der Waals surface area (Å²) in [6.45, 7) is 8.81. The molecular formula is C21H26N2O3S. The number of carbonyl (C=O) groups excluding carboxylic acids is 1. The Labute approximate surface area is 161 Å². The number of fused-ring (bicyclic) bond motifs is 1. The number of nitrogens with one attached hydrogen (secondary N) is 1. The van der Waals surface area contributed by atoms with Crippen LogP contribution in [0.1, 0.15) is 45.2 Å². The van der Waals surface area contributed by atoms with Crippen molar-refractivity contribution < 1.29 is 13.2 Å². The zero-order chi connectivity index (χ0) is 19.8. The van der Waals surface area contributed by atoms with Crippen molar-refractivity contribution in [2.24, 2.45) is 0 Å². The highest BCUT2D eigenvalue weighted by Gasteiger charge is 2.24. The molecule has 5 nitrogen and oxygen atoms in total. The van der Waals surface area contributed by atoms with Crippen LogP contribution in [0.3, 0.4) is 0 Å². The van der Waals surface area contributed by atoms with Crippen LogP contribution in [0.4, 0.5) is 11.4 Å². The summed E-state index contributed by atoms with van der Waals surface area (Å²) in [5, 5.41) is 0. The van der Waals surface area contributed by atoms with E-state index in [4.69, 9.17) is 0 Å². The van der Waals surface area contributed by atoms with Crippen molar-refractivity contribution in [3.63, 3.8) is 0 Å². The Kier molecular flexibility index (Phi) is 5.04. The van der Waals surface area contributed by atoms with Crippen LogP contribution in [0.15, 0.2) is 47.4 Å². The van der Waals surface area contributed by atoms with Crippen LogP contribution in [-0.2, 0) is 26.7 Å². The zero-order valence-electron chi connectivity index (χ0n) is 16.2. The number of rotatable bonds is 4. The minimum Gasteiger partial charge on any atom is -0.312 e. The summed E-state index contributed by atoms with van der Waals surface area (Å²) < 4.78 is 28.1. The molecule has 0 saturated carbocycles. The van der Waals surface area contributed by atoms with E-state index in [1.165, 1.54) is 0 Å². The van der Waals surface area contributed by atoms with Gasteiger partial charge in [0.25, 0.3) is 10.0 Å². The molecule has 0 atom stereocenters. The summed E-state index contributed by atoms with van der Waals surface area (Å²) >= 11 is 0. The number of benzene rings is 2. The lowest BCUT2D eigenvalue weighted by Crippen LogP contribution is -2.34. The molecule has 6 heteroatoms. The molecule has 0 aromatic heterocycles. The third-order valence-corrected chi connectivity index (χ3v) is 6.28. The average molecular weight is 387 g/mol. The number of carbonyl (C=O) groups is 1. The van der Waals surface area contributed by atoms with Gasteiger partial charge < -0.3 is 4.90 Å². The third-order valence-electron chi connectivity index (χ3n) is 4.88. The van der Waals surface area contributed by atoms with E-state index in [1.807, 2.05) is 31.2 Å². The predicted molar refractivity (Wildman–Crippen MR) is 109 cm³/mol. The normalized spacial score (nSPS) is 14.8. The Morgan fingerprint density at radius 2 is 1.70 bits per heavy atom. The lowest BCUT2D eigenvalue weighted by Gasteiger charge is -2.28. The van der Waals surface area contributed by atoms with E-state index in [1.54, 1.807) is 23.1 Å². The van der Waals surface area contributed by atoms with E-state index >= 15 is 0 Å². The summed E-state index contributed by atoms with van der Waals surface area (Å²) in [6, 6.07) is 12.3. The molecular weight excluding hydrogens is 360 g/mol. The maximum Gasteiger partial charge on any atom is 0.261 e. The zero-order valence-corrected chi connectivity index (χ0v) is 17.1. The van der Waals surface area contributed by atoms with Crippen molar-refractivity contribution in [2.45, 2.75) is 50.8 Å². The van der Waals surface area contributed by atoms with Crippen molar-refractivity contribution in [3.8, 4) is 0 Å². The van der Waals surface area contributed by atoms with E-state index < -0.39 is 10.0 Å². The molecule has 0 fully saturated rings. The van der Waals surface area contributed by atoms with E-state index in [0.717, 1.165) is 16.8 Å². The minimum atomic E-state index is -3.66. The molecule has 0 radical (unpaired) electrons. The first-order valence-electron chi connectivity index (χ1n) is 9.18. The lowest BCUT2D eigenvalue weighted by molar-refractivity contribution is -0.118. The van der Waals surface area contributed by atoms with Crippen molar-refractivity contribution in [1.82, 2.24) is 0 Å². The highest BCUT2D eigenvalue weighted by Crippen LogP contribution is 2.31. The quantitative estimate of drug-likeness (QED) is 0.861. The summed E-state index contributed by atoms with van der Waals surface area (Å²) in [5.41, 5.74) is 3.42. The second kappa shape index (κ2) is 7.00. The topological polar surface area (TPSA) is 66.5 Å². The molecule has 144 valence electrons. The van der Waals surface area contributed by atoms with Crippen LogP contribution in [0.2, 0.25) is 0 Å². The van der Waals surface area contributed by atoms with Crippen molar-refractivity contribution in [3.05, 3.63) is 53.6 Å². The molecule has 0 spiro atoms. The Hall–Kier alpha value is -2.34. The summed E-state index contributed by atoms with van der Waals surface area (Å²) in [7, 11) is -3.66. The summed E-state index contributed by atoms with van der Waals surface area (Å²) in [6.07, 6.45) is 1.08. The smallest absolute Gasteiger partial charge is 0.261 e. The van der Waals surface area contributed by atoms with Gasteiger partial charge in [-0.15, -0.1) is 0 Å². The second-order valence-electron chi connectivity index (χ2n) is 7.86.